The number of nitrogens with one attached hydrogen (secondary N) is 2. The Labute approximate surface area is 126 Å². The smallest absolute Gasteiger partial charge is 0.338 e. The molecule has 0 unspecified atom stereocenters. The van der Waals surface area contributed by atoms with Crippen molar-refractivity contribution in [3.8, 4) is 0 Å². The van der Waals surface area contributed by atoms with Gasteiger partial charge in [-0.15, -0.1) is 0 Å². The third-order valence-electron chi connectivity index (χ3n) is 2.81. The topological polar surface area (TPSA) is 67.4 Å². The number of carbonyl (C=O) groups is 2. The van der Waals surface area contributed by atoms with E-state index in [9.17, 15) is 9.59 Å². The number of benzene rings is 1. The van der Waals surface area contributed by atoms with E-state index in [2.05, 4.69) is 10.6 Å². The van der Waals surface area contributed by atoms with Gasteiger partial charge >= 0.3 is 5.97 Å². The van der Waals surface area contributed by atoms with Crippen LogP contribution in [0.3, 0.4) is 0 Å². The van der Waals surface area contributed by atoms with E-state index in [1.165, 1.54) is 0 Å². The Hall–Kier alpha value is -1.88. The first-order valence-corrected chi connectivity index (χ1v) is 7.33. The Kier molecular flexibility index (Phi) is 7.46. The maximum atomic E-state index is 11.7. The maximum absolute atomic E-state index is 11.7. The third kappa shape index (κ3) is 6.90. The van der Waals surface area contributed by atoms with Crippen LogP contribution in [0.5, 0.6) is 0 Å². The normalized spacial score (nSPS) is 10.5. The van der Waals surface area contributed by atoms with E-state index in [1.54, 1.807) is 24.3 Å². The molecule has 116 valence electrons. The molecule has 1 aromatic rings. The summed E-state index contributed by atoms with van der Waals surface area (Å²) in [5.74, 6) is -0.440. The molecule has 2 N–H and O–H groups in total. The minimum absolute atomic E-state index is 0.109. The number of carbonyl (C=O) groups excluding carboxylic acids is 2. The van der Waals surface area contributed by atoms with Crippen molar-refractivity contribution >= 4 is 17.6 Å². The SMILES string of the molecule is CCCCOC(=O)c1ccc(NC(=O)CNC(C)C)cc1. The summed E-state index contributed by atoms with van der Waals surface area (Å²) in [7, 11) is 0. The zero-order chi connectivity index (χ0) is 15.7. The highest BCUT2D eigenvalue weighted by Gasteiger charge is 2.08. The van der Waals surface area contributed by atoms with Gasteiger partial charge in [0.1, 0.15) is 0 Å². The third-order valence-corrected chi connectivity index (χ3v) is 2.81. The number of unbranched alkanes of at least 4 members (excludes halogenated alkanes) is 1. The Morgan fingerprint density at radius 3 is 2.43 bits per heavy atom. The van der Waals surface area contributed by atoms with E-state index in [-0.39, 0.29) is 24.5 Å². The zero-order valence-corrected chi connectivity index (χ0v) is 12.9. The number of hydrogen-bond acceptors (Lipinski definition) is 4. The first-order chi connectivity index (χ1) is 10.0. The molecule has 0 saturated heterocycles. The molecule has 21 heavy (non-hydrogen) atoms. The molecule has 1 amide bonds. The van der Waals surface area contributed by atoms with Crippen LogP contribution >= 0.6 is 0 Å². The molecule has 0 aliphatic carbocycles. The summed E-state index contributed by atoms with van der Waals surface area (Å²) in [5.41, 5.74) is 1.15. The molecule has 0 aliphatic rings. The van der Waals surface area contributed by atoms with E-state index >= 15 is 0 Å². The van der Waals surface area contributed by atoms with Crippen LogP contribution in [0.1, 0.15) is 44.0 Å². The lowest BCUT2D eigenvalue weighted by Gasteiger charge is -2.09. The Morgan fingerprint density at radius 2 is 1.86 bits per heavy atom. The largest absolute Gasteiger partial charge is 0.462 e. The average Bonchev–Trinajstić information content (AvgIpc) is 2.46. The fourth-order valence-electron chi connectivity index (χ4n) is 1.58. The van der Waals surface area contributed by atoms with Crippen LogP contribution < -0.4 is 10.6 Å². The minimum atomic E-state index is -0.331. The molecular formula is C16H24N2O3. The van der Waals surface area contributed by atoms with Crippen molar-refractivity contribution in [1.29, 1.82) is 0 Å². The first-order valence-electron chi connectivity index (χ1n) is 7.33. The van der Waals surface area contributed by atoms with E-state index in [4.69, 9.17) is 4.74 Å². The average molecular weight is 292 g/mol. The number of hydrogen-bond donors (Lipinski definition) is 2. The molecule has 0 saturated carbocycles. The molecule has 0 aliphatic heterocycles. The van der Waals surface area contributed by atoms with Crippen LogP contribution in [0.25, 0.3) is 0 Å². The second kappa shape index (κ2) is 9.13. The van der Waals surface area contributed by atoms with Gasteiger partial charge in [0, 0.05) is 11.7 Å². The molecule has 1 aromatic carbocycles. The van der Waals surface area contributed by atoms with Gasteiger partial charge in [-0.25, -0.2) is 4.79 Å². The van der Waals surface area contributed by atoms with Crippen LogP contribution in [0.15, 0.2) is 24.3 Å². The molecule has 5 nitrogen and oxygen atoms in total. The van der Waals surface area contributed by atoms with Crippen LogP contribution in [-0.2, 0) is 9.53 Å². The van der Waals surface area contributed by atoms with E-state index in [0.717, 1.165) is 12.8 Å². The summed E-state index contributed by atoms with van der Waals surface area (Å²) in [6, 6.07) is 6.96. The van der Waals surface area contributed by atoms with Crippen molar-refractivity contribution in [3.63, 3.8) is 0 Å². The highest BCUT2D eigenvalue weighted by atomic mass is 16.5. The van der Waals surface area contributed by atoms with Gasteiger partial charge in [0.2, 0.25) is 5.91 Å². The highest BCUT2D eigenvalue weighted by Crippen LogP contribution is 2.10. The molecule has 0 spiro atoms. The number of esters is 1. The number of anilines is 1. The van der Waals surface area contributed by atoms with Gasteiger partial charge < -0.3 is 15.4 Å². The first kappa shape index (κ1) is 17.2. The standard InChI is InChI=1S/C16H24N2O3/c1-4-5-10-21-16(20)13-6-8-14(9-7-13)18-15(19)11-17-12(2)3/h6-9,12,17H,4-5,10-11H2,1-3H3,(H,18,19). The monoisotopic (exact) mass is 292 g/mol. The summed E-state index contributed by atoms with van der Waals surface area (Å²) in [4.78, 5) is 23.4. The van der Waals surface area contributed by atoms with Crippen LogP contribution in [-0.4, -0.2) is 31.1 Å². The predicted molar refractivity (Wildman–Crippen MR) is 83.4 cm³/mol. The summed E-state index contributed by atoms with van der Waals surface area (Å²) in [6.45, 7) is 6.70. The van der Waals surface area contributed by atoms with E-state index in [1.807, 2.05) is 20.8 Å². The zero-order valence-electron chi connectivity index (χ0n) is 12.9. The van der Waals surface area contributed by atoms with Crippen molar-refractivity contribution in [3.05, 3.63) is 29.8 Å². The highest BCUT2D eigenvalue weighted by molar-refractivity contribution is 5.94. The molecule has 0 heterocycles. The lowest BCUT2D eigenvalue weighted by atomic mass is 10.2. The number of ether oxygens (including phenoxy) is 1. The second-order valence-corrected chi connectivity index (χ2v) is 5.15. The van der Waals surface area contributed by atoms with Gasteiger partial charge in [-0.2, -0.15) is 0 Å². The van der Waals surface area contributed by atoms with Crippen molar-refractivity contribution in [1.82, 2.24) is 5.32 Å². The molecule has 0 fully saturated rings. The fourth-order valence-corrected chi connectivity index (χ4v) is 1.58. The lowest BCUT2D eigenvalue weighted by Crippen LogP contribution is -2.32. The van der Waals surface area contributed by atoms with Gasteiger partial charge in [0.15, 0.2) is 0 Å². The number of rotatable bonds is 8. The molecule has 0 aromatic heterocycles. The van der Waals surface area contributed by atoms with Crippen LogP contribution in [0.4, 0.5) is 5.69 Å². The van der Waals surface area contributed by atoms with Crippen molar-refractivity contribution in [2.45, 2.75) is 39.7 Å². The Morgan fingerprint density at radius 1 is 1.19 bits per heavy atom. The lowest BCUT2D eigenvalue weighted by molar-refractivity contribution is -0.115. The molecule has 0 bridgehead atoms. The molecule has 0 radical (unpaired) electrons. The van der Waals surface area contributed by atoms with Crippen LogP contribution in [0.2, 0.25) is 0 Å². The Balaban J connectivity index is 2.46. The summed E-state index contributed by atoms with van der Waals surface area (Å²) in [6.07, 6.45) is 1.85. The minimum Gasteiger partial charge on any atom is -0.462 e. The van der Waals surface area contributed by atoms with Gasteiger partial charge in [-0.05, 0) is 30.7 Å². The molecular weight excluding hydrogens is 268 g/mol. The predicted octanol–water partition coefficient (Wildman–Crippen LogP) is 2.58. The second-order valence-electron chi connectivity index (χ2n) is 5.15. The van der Waals surface area contributed by atoms with Crippen molar-refractivity contribution in [2.24, 2.45) is 0 Å². The van der Waals surface area contributed by atoms with Crippen molar-refractivity contribution < 1.29 is 14.3 Å². The molecule has 5 heteroatoms. The van der Waals surface area contributed by atoms with E-state index in [0.29, 0.717) is 17.9 Å². The van der Waals surface area contributed by atoms with Gasteiger partial charge in [0.05, 0.1) is 18.7 Å². The van der Waals surface area contributed by atoms with Gasteiger partial charge in [-0.1, -0.05) is 27.2 Å². The molecule has 1 rings (SSSR count). The van der Waals surface area contributed by atoms with Crippen molar-refractivity contribution in [2.75, 3.05) is 18.5 Å². The summed E-state index contributed by atoms with van der Waals surface area (Å²) >= 11 is 0. The molecule has 0 atom stereocenters. The number of amides is 1. The quantitative estimate of drug-likeness (QED) is 0.571. The van der Waals surface area contributed by atoms with Gasteiger partial charge in [-0.3, -0.25) is 4.79 Å². The van der Waals surface area contributed by atoms with E-state index < -0.39 is 0 Å². The fraction of sp³-hybridized carbons (Fsp3) is 0.500. The van der Waals surface area contributed by atoms with Crippen LogP contribution in [0, 0.1) is 0 Å². The summed E-state index contributed by atoms with van der Waals surface area (Å²) in [5, 5.41) is 5.80. The van der Waals surface area contributed by atoms with Gasteiger partial charge in [0.25, 0.3) is 0 Å². The summed E-state index contributed by atoms with van der Waals surface area (Å²) < 4.78 is 5.12. The maximum Gasteiger partial charge on any atom is 0.338 e. The Bertz CT molecular complexity index is 455.